The molecule has 2 aromatic carbocycles. The van der Waals surface area contributed by atoms with Gasteiger partial charge in [0, 0.05) is 0 Å². The average Bonchev–Trinajstić information content (AvgIpc) is 2.91. The van der Waals surface area contributed by atoms with Crippen molar-refractivity contribution in [1.82, 2.24) is 10.2 Å². The fourth-order valence-electron chi connectivity index (χ4n) is 2.80. The number of urea groups is 1. The van der Waals surface area contributed by atoms with Crippen LogP contribution in [0, 0.1) is 5.82 Å². The minimum Gasteiger partial charge on any atom is -0.486 e. The molecule has 7 heteroatoms. The zero-order valence-corrected chi connectivity index (χ0v) is 13.7. The molecule has 0 bridgehead atoms. The van der Waals surface area contributed by atoms with Crippen LogP contribution in [0.5, 0.6) is 11.5 Å². The largest absolute Gasteiger partial charge is 0.486 e. The summed E-state index contributed by atoms with van der Waals surface area (Å²) in [5.74, 6) is 0.447. The van der Waals surface area contributed by atoms with Gasteiger partial charge in [0.15, 0.2) is 11.5 Å². The zero-order chi connectivity index (χ0) is 18.1. The molecule has 132 valence electrons. The first-order valence-electron chi connectivity index (χ1n) is 8.09. The second-order valence-corrected chi connectivity index (χ2v) is 5.91. The fourth-order valence-corrected chi connectivity index (χ4v) is 2.80. The van der Waals surface area contributed by atoms with E-state index < -0.39 is 11.9 Å². The fraction of sp³-hybridized carbons (Fsp3) is 0.158. The number of nitrogens with one attached hydrogen (secondary N) is 1. The molecule has 0 aromatic heterocycles. The Morgan fingerprint density at radius 2 is 1.77 bits per heavy atom. The number of nitrogens with zero attached hydrogens (tertiary/aromatic N) is 1. The maximum Gasteiger partial charge on any atom is 0.329 e. The van der Waals surface area contributed by atoms with E-state index in [0.717, 1.165) is 4.90 Å². The van der Waals surface area contributed by atoms with Crippen LogP contribution in [0.15, 0.2) is 48.2 Å². The lowest BCUT2D eigenvalue weighted by molar-refractivity contribution is -0.123. The molecule has 2 aromatic rings. The first kappa shape index (κ1) is 16.1. The van der Waals surface area contributed by atoms with Crippen LogP contribution in [0.25, 0.3) is 6.08 Å². The standard InChI is InChI=1S/C19H15FN2O4/c20-14-4-1-12(2-5-14)11-22-18(23)15(21-19(22)24)9-13-3-6-16-17(10-13)26-8-7-25-16/h1-6,9-10H,7-8,11H2,(H,21,24). The Labute approximate surface area is 148 Å². The highest BCUT2D eigenvalue weighted by atomic mass is 19.1. The van der Waals surface area contributed by atoms with E-state index in [0.29, 0.717) is 35.8 Å². The predicted molar refractivity (Wildman–Crippen MR) is 90.9 cm³/mol. The third-order valence-corrected chi connectivity index (χ3v) is 4.09. The first-order valence-corrected chi connectivity index (χ1v) is 8.09. The number of carbonyl (C=O) groups excluding carboxylic acids is 2. The molecule has 2 aliphatic rings. The highest BCUT2D eigenvalue weighted by molar-refractivity contribution is 6.13. The van der Waals surface area contributed by atoms with E-state index in [1.54, 1.807) is 36.4 Å². The molecule has 2 heterocycles. The lowest BCUT2D eigenvalue weighted by Gasteiger charge is -2.18. The molecule has 0 atom stereocenters. The van der Waals surface area contributed by atoms with E-state index in [9.17, 15) is 14.0 Å². The molecule has 0 spiro atoms. The van der Waals surface area contributed by atoms with Crippen LogP contribution in [-0.4, -0.2) is 30.1 Å². The monoisotopic (exact) mass is 354 g/mol. The SMILES string of the molecule is O=C1NC(=Cc2ccc3c(c2)OCCO3)C(=O)N1Cc1ccc(F)cc1. The van der Waals surface area contributed by atoms with Gasteiger partial charge in [-0.1, -0.05) is 18.2 Å². The third-order valence-electron chi connectivity index (χ3n) is 4.09. The quantitative estimate of drug-likeness (QED) is 0.680. The molecule has 1 N–H and O–H groups in total. The van der Waals surface area contributed by atoms with E-state index in [2.05, 4.69) is 5.32 Å². The molecule has 1 fully saturated rings. The van der Waals surface area contributed by atoms with Gasteiger partial charge in [-0.15, -0.1) is 0 Å². The molecule has 1 saturated heterocycles. The summed E-state index contributed by atoms with van der Waals surface area (Å²) in [6.07, 6.45) is 1.59. The van der Waals surface area contributed by atoms with Crippen molar-refractivity contribution in [3.05, 3.63) is 65.1 Å². The number of hydrogen-bond acceptors (Lipinski definition) is 4. The molecule has 2 aliphatic heterocycles. The summed E-state index contributed by atoms with van der Waals surface area (Å²) in [4.78, 5) is 25.7. The third kappa shape index (κ3) is 3.11. The van der Waals surface area contributed by atoms with Crippen LogP contribution in [0.4, 0.5) is 9.18 Å². The van der Waals surface area contributed by atoms with Gasteiger partial charge in [0.05, 0.1) is 6.54 Å². The minimum atomic E-state index is -0.511. The van der Waals surface area contributed by atoms with Gasteiger partial charge in [0.2, 0.25) is 0 Å². The Balaban J connectivity index is 1.54. The van der Waals surface area contributed by atoms with Crippen LogP contribution < -0.4 is 14.8 Å². The molecule has 0 saturated carbocycles. The topological polar surface area (TPSA) is 67.9 Å². The molecule has 6 nitrogen and oxygen atoms in total. The Bertz CT molecular complexity index is 908. The summed E-state index contributed by atoms with van der Waals surface area (Å²) in [5, 5.41) is 2.57. The molecule has 0 aliphatic carbocycles. The lowest BCUT2D eigenvalue weighted by Crippen LogP contribution is -2.30. The van der Waals surface area contributed by atoms with Gasteiger partial charge in [-0.2, -0.15) is 0 Å². The predicted octanol–water partition coefficient (Wildman–Crippen LogP) is 2.69. The number of imide groups is 1. The average molecular weight is 354 g/mol. The summed E-state index contributed by atoms with van der Waals surface area (Å²) in [7, 11) is 0. The van der Waals surface area contributed by atoms with Crippen molar-refractivity contribution >= 4 is 18.0 Å². The van der Waals surface area contributed by atoms with Crippen molar-refractivity contribution < 1.29 is 23.5 Å². The van der Waals surface area contributed by atoms with E-state index >= 15 is 0 Å². The van der Waals surface area contributed by atoms with E-state index in [-0.39, 0.29) is 18.1 Å². The molecule has 3 amide bonds. The zero-order valence-electron chi connectivity index (χ0n) is 13.7. The first-order chi connectivity index (χ1) is 12.6. The number of rotatable bonds is 3. The van der Waals surface area contributed by atoms with Crippen molar-refractivity contribution in [2.24, 2.45) is 0 Å². The van der Waals surface area contributed by atoms with E-state index in [1.165, 1.54) is 12.1 Å². The Hall–Kier alpha value is -3.35. The van der Waals surface area contributed by atoms with Crippen LogP contribution in [0.2, 0.25) is 0 Å². The van der Waals surface area contributed by atoms with Crippen molar-refractivity contribution in [3.63, 3.8) is 0 Å². The lowest BCUT2D eigenvalue weighted by atomic mass is 10.1. The van der Waals surface area contributed by atoms with Gasteiger partial charge < -0.3 is 14.8 Å². The van der Waals surface area contributed by atoms with Crippen molar-refractivity contribution in [2.75, 3.05) is 13.2 Å². The maximum absolute atomic E-state index is 13.0. The van der Waals surface area contributed by atoms with Crippen LogP contribution in [-0.2, 0) is 11.3 Å². The van der Waals surface area contributed by atoms with Gasteiger partial charge in [0.25, 0.3) is 5.91 Å². The Morgan fingerprint density at radius 3 is 2.54 bits per heavy atom. The van der Waals surface area contributed by atoms with Gasteiger partial charge in [-0.25, -0.2) is 9.18 Å². The molecule has 0 radical (unpaired) electrons. The number of fused-ring (bicyclic) bond motifs is 1. The summed E-state index contributed by atoms with van der Waals surface area (Å²) in [6.45, 7) is 1.04. The number of amides is 3. The number of benzene rings is 2. The molecule has 4 rings (SSSR count). The van der Waals surface area contributed by atoms with Crippen LogP contribution in [0.1, 0.15) is 11.1 Å². The van der Waals surface area contributed by atoms with E-state index in [1.807, 2.05) is 0 Å². The van der Waals surface area contributed by atoms with Crippen molar-refractivity contribution in [2.45, 2.75) is 6.54 Å². The second kappa shape index (κ2) is 6.51. The Kier molecular flexibility index (Phi) is 4.04. The number of ether oxygens (including phenoxy) is 2. The highest BCUT2D eigenvalue weighted by Gasteiger charge is 2.33. The van der Waals surface area contributed by atoms with Gasteiger partial charge in [-0.05, 0) is 41.5 Å². The van der Waals surface area contributed by atoms with Crippen LogP contribution in [0.3, 0.4) is 0 Å². The number of carbonyl (C=O) groups is 2. The van der Waals surface area contributed by atoms with Gasteiger partial charge >= 0.3 is 6.03 Å². The summed E-state index contributed by atoms with van der Waals surface area (Å²) >= 11 is 0. The van der Waals surface area contributed by atoms with E-state index in [4.69, 9.17) is 9.47 Å². The van der Waals surface area contributed by atoms with Crippen LogP contribution >= 0.6 is 0 Å². The summed E-state index contributed by atoms with van der Waals surface area (Å²) in [6, 6.07) is 10.4. The number of halogens is 1. The molecular formula is C19H15FN2O4. The van der Waals surface area contributed by atoms with Gasteiger partial charge in [-0.3, -0.25) is 9.69 Å². The second-order valence-electron chi connectivity index (χ2n) is 5.91. The minimum absolute atomic E-state index is 0.0728. The van der Waals surface area contributed by atoms with Gasteiger partial charge in [0.1, 0.15) is 24.7 Å². The summed E-state index contributed by atoms with van der Waals surface area (Å²) < 4.78 is 24.0. The molecule has 26 heavy (non-hydrogen) atoms. The van der Waals surface area contributed by atoms with Crippen molar-refractivity contribution in [1.29, 1.82) is 0 Å². The normalized spacial score (nSPS) is 17.6. The Morgan fingerprint density at radius 1 is 1.04 bits per heavy atom. The maximum atomic E-state index is 13.0. The highest BCUT2D eigenvalue weighted by Crippen LogP contribution is 2.31. The van der Waals surface area contributed by atoms with Crippen molar-refractivity contribution in [3.8, 4) is 11.5 Å². The number of hydrogen-bond donors (Lipinski definition) is 1. The molecule has 0 unspecified atom stereocenters. The smallest absolute Gasteiger partial charge is 0.329 e. The molecular weight excluding hydrogens is 339 g/mol. The summed E-state index contributed by atoms with van der Waals surface area (Å²) in [5.41, 5.74) is 1.55.